The summed E-state index contributed by atoms with van der Waals surface area (Å²) in [5.41, 5.74) is 9.77. The molecule has 0 amide bonds. The fourth-order valence-corrected chi connectivity index (χ4v) is 1.69. The van der Waals surface area contributed by atoms with E-state index in [1.807, 2.05) is 0 Å². The van der Waals surface area contributed by atoms with Gasteiger partial charge < -0.3 is 5.73 Å². The molecule has 0 unspecified atom stereocenters. The van der Waals surface area contributed by atoms with Crippen LogP contribution in [-0.4, -0.2) is 0 Å². The van der Waals surface area contributed by atoms with Crippen molar-refractivity contribution in [2.75, 3.05) is 5.73 Å². The molecule has 0 aliphatic heterocycles. The van der Waals surface area contributed by atoms with Gasteiger partial charge in [-0.3, -0.25) is 0 Å². The predicted molar refractivity (Wildman–Crippen MR) is 52.2 cm³/mol. The fourth-order valence-electron chi connectivity index (χ4n) is 1.69. The van der Waals surface area contributed by atoms with E-state index in [0.29, 0.717) is 0 Å². The van der Waals surface area contributed by atoms with Gasteiger partial charge in [0.15, 0.2) is 0 Å². The number of hydrogen-bond acceptors (Lipinski definition) is 1. The summed E-state index contributed by atoms with van der Waals surface area (Å²) in [5, 5.41) is 0. The van der Waals surface area contributed by atoms with E-state index in [4.69, 9.17) is 5.73 Å². The van der Waals surface area contributed by atoms with Gasteiger partial charge in [-0.25, -0.2) is 0 Å². The molecular weight excluding hydrogens is 146 g/mol. The normalized spacial score (nSPS) is 16.4. The highest BCUT2D eigenvalue weighted by molar-refractivity contribution is 5.56. The van der Waals surface area contributed by atoms with Gasteiger partial charge in [0.1, 0.15) is 0 Å². The maximum atomic E-state index is 6.03. The number of rotatable bonds is 2. The van der Waals surface area contributed by atoms with Crippen LogP contribution < -0.4 is 5.73 Å². The molecule has 1 saturated carbocycles. The lowest BCUT2D eigenvalue weighted by Gasteiger charge is -2.07. The van der Waals surface area contributed by atoms with Gasteiger partial charge in [0.2, 0.25) is 0 Å². The third-order valence-corrected chi connectivity index (χ3v) is 2.63. The molecule has 0 spiro atoms. The highest BCUT2D eigenvalue weighted by Gasteiger charge is 2.25. The summed E-state index contributed by atoms with van der Waals surface area (Å²) in [4.78, 5) is 0. The lowest BCUT2D eigenvalue weighted by Crippen LogP contribution is -1.97. The van der Waals surface area contributed by atoms with Crippen molar-refractivity contribution < 1.29 is 0 Å². The highest BCUT2D eigenvalue weighted by atomic mass is 14.6. The minimum atomic E-state index is 0.775. The maximum absolute atomic E-state index is 6.03. The second-order valence-electron chi connectivity index (χ2n) is 3.55. The fraction of sp³-hybridized carbons (Fsp3) is 0.455. The van der Waals surface area contributed by atoms with Crippen molar-refractivity contribution in [1.82, 2.24) is 0 Å². The Hall–Kier alpha value is -0.980. The molecule has 0 aromatic heterocycles. The largest absolute Gasteiger partial charge is 0.398 e. The van der Waals surface area contributed by atoms with Gasteiger partial charge >= 0.3 is 0 Å². The standard InChI is InChI=1S/C11H15N/c1-2-8-4-3-5-10(11(8)12)9-6-7-9/h3-5,9H,2,6-7,12H2,1H3. The first kappa shape index (κ1) is 7.66. The first-order valence-corrected chi connectivity index (χ1v) is 4.70. The third-order valence-electron chi connectivity index (χ3n) is 2.63. The van der Waals surface area contributed by atoms with Crippen LogP contribution in [0.1, 0.15) is 36.8 Å². The Morgan fingerprint density at radius 3 is 2.75 bits per heavy atom. The molecule has 0 bridgehead atoms. The molecular formula is C11H15N. The van der Waals surface area contributed by atoms with Crippen LogP contribution in [0.5, 0.6) is 0 Å². The van der Waals surface area contributed by atoms with Gasteiger partial charge in [0.25, 0.3) is 0 Å². The first-order valence-electron chi connectivity index (χ1n) is 4.70. The molecule has 2 rings (SSSR count). The van der Waals surface area contributed by atoms with Crippen molar-refractivity contribution in [2.45, 2.75) is 32.1 Å². The third kappa shape index (κ3) is 1.20. The number of benzene rings is 1. The highest BCUT2D eigenvalue weighted by Crippen LogP contribution is 2.43. The van der Waals surface area contributed by atoms with Crippen molar-refractivity contribution in [3.63, 3.8) is 0 Å². The van der Waals surface area contributed by atoms with E-state index in [0.717, 1.165) is 18.0 Å². The minimum absolute atomic E-state index is 0.775. The molecule has 1 nitrogen and oxygen atoms in total. The quantitative estimate of drug-likeness (QED) is 0.663. The molecule has 64 valence electrons. The molecule has 0 heterocycles. The van der Waals surface area contributed by atoms with Crippen LogP contribution in [0.25, 0.3) is 0 Å². The predicted octanol–water partition coefficient (Wildman–Crippen LogP) is 2.71. The maximum Gasteiger partial charge on any atom is 0.0381 e. The summed E-state index contributed by atoms with van der Waals surface area (Å²) in [5.74, 6) is 0.775. The van der Waals surface area contributed by atoms with Crippen LogP contribution in [0.3, 0.4) is 0 Å². The van der Waals surface area contributed by atoms with E-state index in [1.165, 1.54) is 24.0 Å². The molecule has 0 saturated heterocycles. The molecule has 1 aromatic rings. The molecule has 2 N–H and O–H groups in total. The van der Waals surface area contributed by atoms with E-state index < -0.39 is 0 Å². The second kappa shape index (κ2) is 2.81. The van der Waals surface area contributed by atoms with Crippen molar-refractivity contribution in [3.05, 3.63) is 29.3 Å². The van der Waals surface area contributed by atoms with Gasteiger partial charge in [-0.05, 0) is 36.3 Å². The number of anilines is 1. The van der Waals surface area contributed by atoms with Crippen molar-refractivity contribution in [2.24, 2.45) is 0 Å². The van der Waals surface area contributed by atoms with Crippen LogP contribution in [-0.2, 0) is 6.42 Å². The zero-order chi connectivity index (χ0) is 8.55. The molecule has 1 aromatic carbocycles. The van der Waals surface area contributed by atoms with E-state index in [9.17, 15) is 0 Å². The summed E-state index contributed by atoms with van der Waals surface area (Å²) in [7, 11) is 0. The Bertz CT molecular complexity index is 287. The lowest BCUT2D eigenvalue weighted by molar-refractivity contribution is 1.09. The lowest BCUT2D eigenvalue weighted by atomic mass is 10.0. The monoisotopic (exact) mass is 161 g/mol. The van der Waals surface area contributed by atoms with Crippen molar-refractivity contribution in [1.29, 1.82) is 0 Å². The Kier molecular flexibility index (Phi) is 1.80. The van der Waals surface area contributed by atoms with Gasteiger partial charge in [-0.2, -0.15) is 0 Å². The van der Waals surface area contributed by atoms with Gasteiger partial charge in [-0.15, -0.1) is 0 Å². The van der Waals surface area contributed by atoms with Crippen LogP contribution in [0.4, 0.5) is 5.69 Å². The summed E-state index contributed by atoms with van der Waals surface area (Å²) in [6.45, 7) is 2.16. The summed E-state index contributed by atoms with van der Waals surface area (Å²) < 4.78 is 0. The zero-order valence-corrected chi connectivity index (χ0v) is 7.51. The Morgan fingerprint density at radius 1 is 1.42 bits per heavy atom. The minimum Gasteiger partial charge on any atom is -0.398 e. The average molecular weight is 161 g/mol. The number of para-hydroxylation sites is 1. The SMILES string of the molecule is CCc1cccc(C2CC2)c1N. The van der Waals surface area contributed by atoms with E-state index in [-0.39, 0.29) is 0 Å². The zero-order valence-electron chi connectivity index (χ0n) is 7.51. The molecule has 1 aliphatic carbocycles. The summed E-state index contributed by atoms with van der Waals surface area (Å²) >= 11 is 0. The number of aryl methyl sites for hydroxylation is 1. The topological polar surface area (TPSA) is 26.0 Å². The Morgan fingerprint density at radius 2 is 2.17 bits per heavy atom. The molecule has 1 aliphatic rings. The van der Waals surface area contributed by atoms with Gasteiger partial charge in [-0.1, -0.05) is 25.1 Å². The average Bonchev–Trinajstić information content (AvgIpc) is 2.88. The van der Waals surface area contributed by atoms with Gasteiger partial charge in [0.05, 0.1) is 0 Å². The number of nitrogen functional groups attached to an aromatic ring is 1. The van der Waals surface area contributed by atoms with Crippen LogP contribution in [0.15, 0.2) is 18.2 Å². The van der Waals surface area contributed by atoms with Crippen molar-refractivity contribution >= 4 is 5.69 Å². The second-order valence-corrected chi connectivity index (χ2v) is 3.55. The summed E-state index contributed by atoms with van der Waals surface area (Å²) in [6.07, 6.45) is 3.71. The van der Waals surface area contributed by atoms with E-state index in [2.05, 4.69) is 25.1 Å². The van der Waals surface area contributed by atoms with E-state index >= 15 is 0 Å². The van der Waals surface area contributed by atoms with Gasteiger partial charge in [0, 0.05) is 5.69 Å². The number of hydrogen-bond donors (Lipinski definition) is 1. The van der Waals surface area contributed by atoms with E-state index in [1.54, 1.807) is 0 Å². The van der Waals surface area contributed by atoms with Crippen LogP contribution >= 0.6 is 0 Å². The first-order chi connectivity index (χ1) is 5.83. The molecule has 12 heavy (non-hydrogen) atoms. The molecule has 1 heteroatoms. The summed E-state index contributed by atoms with van der Waals surface area (Å²) in [6, 6.07) is 6.43. The molecule has 0 atom stereocenters. The van der Waals surface area contributed by atoms with Crippen molar-refractivity contribution in [3.8, 4) is 0 Å². The smallest absolute Gasteiger partial charge is 0.0381 e. The molecule has 1 fully saturated rings. The van der Waals surface area contributed by atoms with Crippen LogP contribution in [0.2, 0.25) is 0 Å². The Balaban J connectivity index is 2.40. The van der Waals surface area contributed by atoms with Crippen LogP contribution in [0, 0.1) is 0 Å². The number of nitrogens with two attached hydrogens (primary N) is 1. The molecule has 0 radical (unpaired) electrons. The Labute approximate surface area is 73.6 Å².